The molecule has 0 heterocycles. The molecule has 22 heavy (non-hydrogen) atoms. The van der Waals surface area contributed by atoms with Crippen LogP contribution in [0.1, 0.15) is 33.3 Å². The van der Waals surface area contributed by atoms with Crippen molar-refractivity contribution in [3.05, 3.63) is 42.0 Å². The Hall–Kier alpha value is -1.16. The lowest BCUT2D eigenvalue weighted by atomic mass is 9.99. The number of hydrogen-bond acceptors (Lipinski definition) is 2. The highest BCUT2D eigenvalue weighted by Crippen LogP contribution is 2.45. The van der Waals surface area contributed by atoms with Gasteiger partial charge in [-0.15, -0.1) is 0 Å². The Morgan fingerprint density at radius 3 is 2.00 bits per heavy atom. The summed E-state index contributed by atoms with van der Waals surface area (Å²) >= 11 is 0. The molecule has 0 radical (unpaired) electrons. The first-order valence-corrected chi connectivity index (χ1v) is 9.72. The monoisotopic (exact) mass is 316 g/mol. The van der Waals surface area contributed by atoms with E-state index in [9.17, 15) is 0 Å². The first kappa shape index (κ1) is 17.2. The maximum Gasteiger partial charge on any atom is 0.378 e. The van der Waals surface area contributed by atoms with Gasteiger partial charge in [-0.3, -0.25) is 0 Å². The molecule has 2 aromatic rings. The van der Waals surface area contributed by atoms with Gasteiger partial charge in [0.2, 0.25) is 0 Å². The van der Waals surface area contributed by atoms with Crippen LogP contribution in [0, 0.1) is 12.8 Å². The van der Waals surface area contributed by atoms with Crippen LogP contribution in [-0.4, -0.2) is 22.8 Å². The smallest absolute Gasteiger partial charge is 0.378 e. The highest BCUT2D eigenvalue weighted by molar-refractivity contribution is 6.85. The minimum Gasteiger partial charge on any atom is -0.394 e. The average Bonchev–Trinajstić information content (AvgIpc) is 2.49. The Balaban J connectivity index is 2.85. The van der Waals surface area contributed by atoms with Crippen molar-refractivity contribution in [1.29, 1.82) is 0 Å². The molecule has 0 fully saturated rings. The van der Waals surface area contributed by atoms with Crippen molar-refractivity contribution in [3.63, 3.8) is 0 Å². The Bertz CT molecular complexity index is 652. The number of hydrogen-bond donors (Lipinski definition) is 0. The predicted octanol–water partition coefficient (Wildman–Crippen LogP) is 4.53. The molecule has 0 atom stereocenters. The van der Waals surface area contributed by atoms with Crippen molar-refractivity contribution in [2.75, 3.05) is 14.2 Å². The molecule has 120 valence electrons. The number of benzene rings is 2. The Kier molecular flexibility index (Phi) is 4.80. The topological polar surface area (TPSA) is 18.5 Å². The van der Waals surface area contributed by atoms with Crippen LogP contribution in [0.4, 0.5) is 0 Å². The van der Waals surface area contributed by atoms with E-state index in [1.807, 2.05) is 0 Å². The van der Waals surface area contributed by atoms with Crippen molar-refractivity contribution in [2.24, 2.45) is 5.92 Å². The van der Waals surface area contributed by atoms with Gasteiger partial charge in [-0.2, -0.15) is 0 Å². The molecular formula is C19H28O2Si. The second kappa shape index (κ2) is 6.15. The van der Waals surface area contributed by atoms with Crippen LogP contribution in [0.3, 0.4) is 0 Å². The van der Waals surface area contributed by atoms with Crippen molar-refractivity contribution < 1.29 is 8.85 Å². The molecule has 0 aliphatic carbocycles. The van der Waals surface area contributed by atoms with Gasteiger partial charge < -0.3 is 8.85 Å². The second-order valence-corrected chi connectivity index (χ2v) is 10.8. The van der Waals surface area contributed by atoms with E-state index in [0.29, 0.717) is 5.92 Å². The summed E-state index contributed by atoms with van der Waals surface area (Å²) in [7, 11) is 0.999. The zero-order chi connectivity index (χ0) is 16.5. The Morgan fingerprint density at radius 1 is 0.955 bits per heavy atom. The van der Waals surface area contributed by atoms with Gasteiger partial charge in [0.25, 0.3) is 0 Å². The predicted molar refractivity (Wildman–Crippen MR) is 97.0 cm³/mol. The van der Waals surface area contributed by atoms with Crippen LogP contribution in [0.2, 0.25) is 5.04 Å². The standard InChI is InChI=1S/C19H28O2Si/c1-14(2)19(4,5)22(20-6,21-7)17-13-9-12-16-11-8-10-15(3)18(16)17/h8-14H,1-7H3. The molecule has 0 aliphatic rings. The third kappa shape index (κ3) is 2.41. The van der Waals surface area contributed by atoms with E-state index in [-0.39, 0.29) is 5.04 Å². The summed E-state index contributed by atoms with van der Waals surface area (Å²) in [5, 5.41) is 3.73. The summed E-state index contributed by atoms with van der Waals surface area (Å²) < 4.78 is 12.4. The van der Waals surface area contributed by atoms with E-state index >= 15 is 0 Å². The molecule has 0 aliphatic heterocycles. The minimum absolute atomic E-state index is 0.0485. The van der Waals surface area contributed by atoms with Crippen molar-refractivity contribution >= 4 is 24.5 Å². The highest BCUT2D eigenvalue weighted by Gasteiger charge is 2.55. The van der Waals surface area contributed by atoms with Crippen LogP contribution < -0.4 is 5.19 Å². The first-order valence-electron chi connectivity index (χ1n) is 7.91. The fraction of sp³-hybridized carbons (Fsp3) is 0.474. The molecule has 0 bridgehead atoms. The van der Waals surface area contributed by atoms with Gasteiger partial charge in [0.05, 0.1) is 0 Å². The van der Waals surface area contributed by atoms with Crippen LogP contribution >= 0.6 is 0 Å². The molecule has 2 aromatic carbocycles. The summed E-state index contributed by atoms with van der Waals surface area (Å²) in [6.07, 6.45) is 0. The van der Waals surface area contributed by atoms with Crippen LogP contribution in [0.25, 0.3) is 10.8 Å². The lowest BCUT2D eigenvalue weighted by Gasteiger charge is -2.44. The fourth-order valence-electron chi connectivity index (χ4n) is 3.36. The number of aryl methyl sites for hydroxylation is 1. The van der Waals surface area contributed by atoms with Crippen molar-refractivity contribution in [1.82, 2.24) is 0 Å². The third-order valence-corrected chi connectivity index (χ3v) is 9.88. The molecule has 0 saturated carbocycles. The van der Waals surface area contributed by atoms with Crippen LogP contribution in [0.5, 0.6) is 0 Å². The van der Waals surface area contributed by atoms with E-state index < -0.39 is 8.56 Å². The van der Waals surface area contributed by atoms with Crippen molar-refractivity contribution in [3.8, 4) is 0 Å². The summed E-state index contributed by atoms with van der Waals surface area (Å²) in [5.41, 5.74) is 1.28. The summed E-state index contributed by atoms with van der Waals surface area (Å²) in [6.45, 7) is 11.2. The SMILES string of the molecule is CO[Si](OC)(c1cccc2cccc(C)c12)C(C)(C)C(C)C. The van der Waals surface area contributed by atoms with Crippen LogP contribution in [-0.2, 0) is 8.85 Å². The van der Waals surface area contributed by atoms with E-state index in [1.54, 1.807) is 14.2 Å². The maximum absolute atomic E-state index is 6.18. The lowest BCUT2D eigenvalue weighted by Crippen LogP contribution is -2.61. The largest absolute Gasteiger partial charge is 0.394 e. The normalized spacial score (nSPS) is 13.1. The number of fused-ring (bicyclic) bond motifs is 1. The first-order chi connectivity index (χ1) is 10.3. The number of rotatable bonds is 5. The molecule has 0 saturated heterocycles. The Morgan fingerprint density at radius 2 is 1.50 bits per heavy atom. The zero-order valence-corrected chi connectivity index (χ0v) is 15.9. The average molecular weight is 317 g/mol. The maximum atomic E-state index is 6.18. The van der Waals surface area contributed by atoms with Gasteiger partial charge in [0, 0.05) is 24.4 Å². The van der Waals surface area contributed by atoms with Gasteiger partial charge in [0.15, 0.2) is 0 Å². The van der Waals surface area contributed by atoms with Crippen molar-refractivity contribution in [2.45, 2.75) is 39.7 Å². The lowest BCUT2D eigenvalue weighted by molar-refractivity contribution is 0.207. The van der Waals surface area contributed by atoms with E-state index in [2.05, 4.69) is 71.0 Å². The second-order valence-electron chi connectivity index (χ2n) is 6.88. The molecule has 0 aromatic heterocycles. The van der Waals surface area contributed by atoms with E-state index in [0.717, 1.165) is 0 Å². The summed E-state index contributed by atoms with van der Waals surface area (Å²) in [5.74, 6) is 0.457. The van der Waals surface area contributed by atoms with E-state index in [4.69, 9.17) is 8.85 Å². The molecule has 0 N–H and O–H groups in total. The van der Waals surface area contributed by atoms with E-state index in [1.165, 1.54) is 21.5 Å². The molecule has 0 amide bonds. The summed E-state index contributed by atoms with van der Waals surface area (Å²) in [4.78, 5) is 0. The molecule has 2 rings (SSSR count). The third-order valence-electron chi connectivity index (χ3n) is 5.33. The molecule has 2 nitrogen and oxygen atoms in total. The van der Waals surface area contributed by atoms with Gasteiger partial charge in [-0.25, -0.2) is 0 Å². The Labute approximate surface area is 135 Å². The molecule has 0 unspecified atom stereocenters. The highest BCUT2D eigenvalue weighted by atomic mass is 28.4. The van der Waals surface area contributed by atoms with Gasteiger partial charge in [0.1, 0.15) is 0 Å². The zero-order valence-electron chi connectivity index (χ0n) is 14.9. The van der Waals surface area contributed by atoms with Crippen LogP contribution in [0.15, 0.2) is 36.4 Å². The molecular weight excluding hydrogens is 288 g/mol. The quantitative estimate of drug-likeness (QED) is 0.755. The molecule has 3 heteroatoms. The van der Waals surface area contributed by atoms with Gasteiger partial charge in [-0.05, 0) is 29.2 Å². The minimum atomic E-state index is -2.61. The van der Waals surface area contributed by atoms with Gasteiger partial charge in [-0.1, -0.05) is 64.1 Å². The fourth-order valence-corrected chi connectivity index (χ4v) is 7.46. The molecule has 0 spiro atoms. The van der Waals surface area contributed by atoms with Gasteiger partial charge >= 0.3 is 8.56 Å². The summed E-state index contributed by atoms with van der Waals surface area (Å²) in [6, 6.07) is 12.9.